The van der Waals surface area contributed by atoms with Crippen molar-refractivity contribution in [3.05, 3.63) is 17.7 Å². The molecule has 0 amide bonds. The number of aryl methyl sites for hydroxylation is 2. The van der Waals surface area contributed by atoms with E-state index in [1.807, 2.05) is 13.8 Å². The predicted molar refractivity (Wildman–Crippen MR) is 78.0 cm³/mol. The molecule has 1 aromatic heterocycles. The summed E-state index contributed by atoms with van der Waals surface area (Å²) in [6, 6.07) is 0. The normalized spacial score (nSPS) is 29.2. The summed E-state index contributed by atoms with van der Waals surface area (Å²) < 4.78 is 28.7. The van der Waals surface area contributed by atoms with Crippen LogP contribution in [0.3, 0.4) is 0 Å². The van der Waals surface area contributed by atoms with Crippen LogP contribution in [0.2, 0.25) is 0 Å². The molecule has 2 atom stereocenters. The quantitative estimate of drug-likeness (QED) is 0.895. The summed E-state index contributed by atoms with van der Waals surface area (Å²) in [5.74, 6) is 1.41. The monoisotopic (exact) mass is 297 g/mol. The molecule has 0 unspecified atom stereocenters. The van der Waals surface area contributed by atoms with Crippen molar-refractivity contribution in [1.82, 2.24) is 14.3 Å². The molecule has 0 spiro atoms. The van der Waals surface area contributed by atoms with E-state index < -0.39 is 14.8 Å². The minimum atomic E-state index is -3.19. The van der Waals surface area contributed by atoms with Gasteiger partial charge in [-0.2, -0.15) is 0 Å². The van der Waals surface area contributed by atoms with Crippen LogP contribution in [-0.2, 0) is 29.4 Å². The average Bonchev–Trinajstić information content (AvgIpc) is 2.86. The maximum atomic E-state index is 12.2. The van der Waals surface area contributed by atoms with Gasteiger partial charge in [0.2, 0.25) is 10.0 Å². The molecule has 0 saturated heterocycles. The second kappa shape index (κ2) is 4.84. The zero-order valence-electron chi connectivity index (χ0n) is 12.2. The van der Waals surface area contributed by atoms with Gasteiger partial charge in [-0.1, -0.05) is 6.92 Å². The van der Waals surface area contributed by atoms with Gasteiger partial charge in [-0.05, 0) is 32.1 Å². The number of hydrogen-bond acceptors (Lipinski definition) is 3. The lowest BCUT2D eigenvalue weighted by molar-refractivity contribution is 0.522. The van der Waals surface area contributed by atoms with Crippen molar-refractivity contribution < 1.29 is 8.42 Å². The molecule has 1 saturated carbocycles. The third-order valence-corrected chi connectivity index (χ3v) is 7.22. The standard InChI is InChI=1S/C14H23N3O2S/c1-11-9-14(11,2)20(18,19)15-7-6-12-10-17-8-4-3-5-13(17)16-12/h10-11,15H,3-9H2,1-2H3/t11-,14-/m1/s1. The van der Waals surface area contributed by atoms with Crippen LogP contribution in [0, 0.1) is 5.92 Å². The highest BCUT2D eigenvalue weighted by Gasteiger charge is 2.57. The van der Waals surface area contributed by atoms with Crippen molar-refractivity contribution >= 4 is 10.0 Å². The Morgan fingerprint density at radius 3 is 2.90 bits per heavy atom. The molecular weight excluding hydrogens is 274 g/mol. The van der Waals surface area contributed by atoms with Gasteiger partial charge >= 0.3 is 0 Å². The van der Waals surface area contributed by atoms with Gasteiger partial charge in [0.25, 0.3) is 0 Å². The summed E-state index contributed by atoms with van der Waals surface area (Å²) in [5, 5.41) is 0. The molecule has 112 valence electrons. The second-order valence-corrected chi connectivity index (χ2v) is 8.59. The van der Waals surface area contributed by atoms with E-state index in [4.69, 9.17) is 0 Å². The lowest BCUT2D eigenvalue weighted by Gasteiger charge is -2.12. The molecule has 1 aromatic rings. The average molecular weight is 297 g/mol. The van der Waals surface area contributed by atoms with Gasteiger partial charge in [0, 0.05) is 32.1 Å². The summed E-state index contributed by atoms with van der Waals surface area (Å²) in [6.07, 6.45) is 6.97. The van der Waals surface area contributed by atoms with Gasteiger partial charge in [0.1, 0.15) is 5.82 Å². The summed E-state index contributed by atoms with van der Waals surface area (Å²) in [5.41, 5.74) is 0.999. The van der Waals surface area contributed by atoms with E-state index in [1.54, 1.807) is 0 Å². The summed E-state index contributed by atoms with van der Waals surface area (Å²) in [4.78, 5) is 4.59. The topological polar surface area (TPSA) is 64.0 Å². The smallest absolute Gasteiger partial charge is 0.217 e. The van der Waals surface area contributed by atoms with Crippen LogP contribution in [0.5, 0.6) is 0 Å². The second-order valence-electron chi connectivity index (χ2n) is 6.36. The van der Waals surface area contributed by atoms with Gasteiger partial charge in [-0.3, -0.25) is 0 Å². The third kappa shape index (κ3) is 2.39. The third-order valence-electron chi connectivity index (χ3n) is 4.84. The summed E-state index contributed by atoms with van der Waals surface area (Å²) in [6.45, 7) is 5.31. The van der Waals surface area contributed by atoms with E-state index in [-0.39, 0.29) is 5.92 Å². The maximum Gasteiger partial charge on any atom is 0.217 e. The molecule has 0 aromatic carbocycles. The Hall–Kier alpha value is -0.880. The highest BCUT2D eigenvalue weighted by molar-refractivity contribution is 7.91. The van der Waals surface area contributed by atoms with Crippen molar-refractivity contribution in [2.45, 2.75) is 57.2 Å². The molecule has 0 radical (unpaired) electrons. The van der Waals surface area contributed by atoms with Crippen LogP contribution in [0.15, 0.2) is 6.20 Å². The van der Waals surface area contributed by atoms with Crippen LogP contribution in [0.4, 0.5) is 0 Å². The van der Waals surface area contributed by atoms with Crippen LogP contribution < -0.4 is 4.72 Å². The highest BCUT2D eigenvalue weighted by Crippen LogP contribution is 2.48. The Balaban J connectivity index is 1.57. The fourth-order valence-electron chi connectivity index (χ4n) is 2.99. The number of imidazole rings is 1. The van der Waals surface area contributed by atoms with E-state index in [0.717, 1.165) is 30.9 Å². The molecule has 5 nitrogen and oxygen atoms in total. The lowest BCUT2D eigenvalue weighted by Crippen LogP contribution is -2.36. The first-order valence-electron chi connectivity index (χ1n) is 7.46. The van der Waals surface area contributed by atoms with Gasteiger partial charge in [0.05, 0.1) is 10.4 Å². The Bertz CT molecular complexity index is 584. The molecule has 0 bridgehead atoms. The molecule has 2 aliphatic rings. The molecular formula is C14H23N3O2S. The number of sulfonamides is 1. The van der Waals surface area contributed by atoms with Crippen LogP contribution in [-0.4, -0.2) is 29.3 Å². The van der Waals surface area contributed by atoms with Crippen LogP contribution >= 0.6 is 0 Å². The van der Waals surface area contributed by atoms with Gasteiger partial charge in [0.15, 0.2) is 0 Å². The Morgan fingerprint density at radius 2 is 2.25 bits per heavy atom. The first-order chi connectivity index (χ1) is 9.42. The van der Waals surface area contributed by atoms with E-state index in [1.165, 1.54) is 12.8 Å². The Labute approximate surface area is 120 Å². The molecule has 6 heteroatoms. The maximum absolute atomic E-state index is 12.2. The highest BCUT2D eigenvalue weighted by atomic mass is 32.2. The molecule has 1 N–H and O–H groups in total. The minimum Gasteiger partial charge on any atom is -0.335 e. The van der Waals surface area contributed by atoms with Gasteiger partial charge < -0.3 is 4.57 Å². The molecule has 1 aliphatic heterocycles. The fraction of sp³-hybridized carbons (Fsp3) is 0.786. The number of rotatable bonds is 5. The Kier molecular flexibility index (Phi) is 3.41. The zero-order chi connectivity index (χ0) is 14.4. The molecule has 1 fully saturated rings. The zero-order valence-corrected chi connectivity index (χ0v) is 13.0. The predicted octanol–water partition coefficient (Wildman–Crippen LogP) is 1.48. The van der Waals surface area contributed by atoms with E-state index in [0.29, 0.717) is 13.0 Å². The first-order valence-corrected chi connectivity index (χ1v) is 8.95. The van der Waals surface area contributed by atoms with Crippen molar-refractivity contribution in [2.75, 3.05) is 6.54 Å². The van der Waals surface area contributed by atoms with Crippen LogP contribution in [0.25, 0.3) is 0 Å². The van der Waals surface area contributed by atoms with Gasteiger partial charge in [-0.25, -0.2) is 18.1 Å². The fourth-order valence-corrected chi connectivity index (χ4v) is 4.69. The minimum absolute atomic E-state index is 0.264. The number of nitrogens with zero attached hydrogens (tertiary/aromatic N) is 2. The van der Waals surface area contributed by atoms with E-state index in [2.05, 4.69) is 20.5 Å². The number of aromatic nitrogens is 2. The van der Waals surface area contributed by atoms with E-state index >= 15 is 0 Å². The number of hydrogen-bond donors (Lipinski definition) is 1. The first kappa shape index (κ1) is 14.1. The van der Waals surface area contributed by atoms with Crippen molar-refractivity contribution in [1.29, 1.82) is 0 Å². The van der Waals surface area contributed by atoms with Crippen molar-refractivity contribution in [3.63, 3.8) is 0 Å². The number of fused-ring (bicyclic) bond motifs is 1. The van der Waals surface area contributed by atoms with Crippen molar-refractivity contribution in [3.8, 4) is 0 Å². The lowest BCUT2D eigenvalue weighted by atomic mass is 10.2. The summed E-state index contributed by atoms with van der Waals surface area (Å²) >= 11 is 0. The van der Waals surface area contributed by atoms with Crippen LogP contribution in [0.1, 0.15) is 44.6 Å². The van der Waals surface area contributed by atoms with Gasteiger partial charge in [-0.15, -0.1) is 0 Å². The Morgan fingerprint density at radius 1 is 1.50 bits per heavy atom. The summed E-state index contributed by atoms with van der Waals surface area (Å²) in [7, 11) is -3.19. The number of nitrogens with one attached hydrogen (secondary N) is 1. The SMILES string of the molecule is C[C@@H]1C[C@@]1(C)S(=O)(=O)NCCc1cn2c(n1)CCCC2. The largest absolute Gasteiger partial charge is 0.335 e. The van der Waals surface area contributed by atoms with Crippen molar-refractivity contribution in [2.24, 2.45) is 5.92 Å². The van der Waals surface area contributed by atoms with E-state index in [9.17, 15) is 8.42 Å². The molecule has 3 rings (SSSR count). The molecule has 20 heavy (non-hydrogen) atoms. The molecule has 2 heterocycles. The molecule has 1 aliphatic carbocycles.